The lowest BCUT2D eigenvalue weighted by Gasteiger charge is -2.41. The van der Waals surface area contributed by atoms with Crippen molar-refractivity contribution in [3.05, 3.63) is 101 Å². The first kappa shape index (κ1) is 19.1. The molecule has 0 radical (unpaired) electrons. The largest absolute Gasteiger partial charge is 0.340 e. The fraction of sp³-hybridized carbons (Fsp3) is 0.160. The highest BCUT2D eigenvalue weighted by Gasteiger charge is 2.48. The number of carbonyl (C=O) groups is 3. The van der Waals surface area contributed by atoms with Crippen LogP contribution in [0.15, 0.2) is 78.9 Å². The maximum atomic E-state index is 13.4. The Balaban J connectivity index is 1.50. The molecule has 0 N–H and O–H groups in total. The molecule has 0 saturated heterocycles. The summed E-state index contributed by atoms with van der Waals surface area (Å²) in [6, 6.07) is 24.1. The maximum absolute atomic E-state index is 13.4. The molecule has 3 aromatic carbocycles. The van der Waals surface area contributed by atoms with Crippen molar-refractivity contribution in [3.8, 4) is 0 Å². The SMILES string of the molecule is CN(Cc1ccccc1)C(=O)CN1C(=O)c2ccccc2N2C(=O)c3ccccc3[C@@H]12. The molecule has 6 nitrogen and oxygen atoms in total. The number of hydrogen-bond acceptors (Lipinski definition) is 3. The summed E-state index contributed by atoms with van der Waals surface area (Å²) in [4.78, 5) is 44.4. The second-order valence-corrected chi connectivity index (χ2v) is 7.82. The summed E-state index contributed by atoms with van der Waals surface area (Å²) in [5.41, 5.74) is 3.33. The molecule has 5 rings (SSSR count). The fourth-order valence-corrected chi connectivity index (χ4v) is 4.35. The van der Waals surface area contributed by atoms with E-state index in [2.05, 4.69) is 0 Å². The lowest BCUT2D eigenvalue weighted by atomic mass is 10.0. The first-order valence-corrected chi connectivity index (χ1v) is 10.2. The fourth-order valence-electron chi connectivity index (χ4n) is 4.35. The summed E-state index contributed by atoms with van der Waals surface area (Å²) in [7, 11) is 1.73. The van der Waals surface area contributed by atoms with Gasteiger partial charge < -0.3 is 9.80 Å². The van der Waals surface area contributed by atoms with Gasteiger partial charge in [-0.1, -0.05) is 60.7 Å². The van der Waals surface area contributed by atoms with Crippen molar-refractivity contribution in [2.75, 3.05) is 18.5 Å². The highest BCUT2D eigenvalue weighted by atomic mass is 16.2. The van der Waals surface area contributed by atoms with Gasteiger partial charge in [0.05, 0.1) is 11.3 Å². The first-order chi connectivity index (χ1) is 15.1. The minimum absolute atomic E-state index is 0.112. The van der Waals surface area contributed by atoms with Gasteiger partial charge in [0.1, 0.15) is 12.7 Å². The Morgan fingerprint density at radius 2 is 1.48 bits per heavy atom. The number of anilines is 1. The maximum Gasteiger partial charge on any atom is 0.260 e. The molecule has 2 aliphatic rings. The minimum Gasteiger partial charge on any atom is -0.340 e. The molecular formula is C25H21N3O3. The van der Waals surface area contributed by atoms with Crippen LogP contribution >= 0.6 is 0 Å². The summed E-state index contributed by atoms with van der Waals surface area (Å²) in [5, 5.41) is 0. The van der Waals surface area contributed by atoms with Crippen LogP contribution in [0.1, 0.15) is 38.0 Å². The summed E-state index contributed by atoms with van der Waals surface area (Å²) in [6.45, 7) is 0.335. The molecule has 0 fully saturated rings. The quantitative estimate of drug-likeness (QED) is 0.661. The van der Waals surface area contributed by atoms with E-state index < -0.39 is 6.17 Å². The molecule has 0 aliphatic carbocycles. The Labute approximate surface area is 180 Å². The molecule has 0 saturated carbocycles. The van der Waals surface area contributed by atoms with E-state index in [9.17, 15) is 14.4 Å². The second-order valence-electron chi connectivity index (χ2n) is 7.82. The molecule has 154 valence electrons. The van der Waals surface area contributed by atoms with Crippen LogP contribution in [0.4, 0.5) is 5.69 Å². The van der Waals surface area contributed by atoms with Gasteiger partial charge in [0.25, 0.3) is 11.8 Å². The minimum atomic E-state index is -0.625. The summed E-state index contributed by atoms with van der Waals surface area (Å²) in [6.07, 6.45) is -0.625. The van der Waals surface area contributed by atoms with E-state index in [0.29, 0.717) is 23.4 Å². The van der Waals surface area contributed by atoms with E-state index >= 15 is 0 Å². The van der Waals surface area contributed by atoms with Crippen LogP contribution in [0.3, 0.4) is 0 Å². The highest BCUT2D eigenvalue weighted by Crippen LogP contribution is 2.44. The number of carbonyl (C=O) groups excluding carboxylic acids is 3. The molecule has 2 aliphatic heterocycles. The van der Waals surface area contributed by atoms with Crippen molar-refractivity contribution in [1.29, 1.82) is 0 Å². The molecule has 1 atom stereocenters. The van der Waals surface area contributed by atoms with Crippen LogP contribution in [0.5, 0.6) is 0 Å². The predicted octanol–water partition coefficient (Wildman–Crippen LogP) is 3.46. The number of nitrogens with zero attached hydrogens (tertiary/aromatic N) is 3. The van der Waals surface area contributed by atoms with Gasteiger partial charge in [0, 0.05) is 24.7 Å². The van der Waals surface area contributed by atoms with Crippen LogP contribution in [-0.4, -0.2) is 41.1 Å². The third-order valence-electron chi connectivity index (χ3n) is 5.88. The van der Waals surface area contributed by atoms with Crippen molar-refractivity contribution in [3.63, 3.8) is 0 Å². The van der Waals surface area contributed by atoms with Crippen molar-refractivity contribution >= 4 is 23.4 Å². The summed E-state index contributed by atoms with van der Waals surface area (Å²) >= 11 is 0. The number of benzene rings is 3. The third-order valence-corrected chi connectivity index (χ3v) is 5.88. The molecule has 31 heavy (non-hydrogen) atoms. The van der Waals surface area contributed by atoms with Crippen molar-refractivity contribution in [2.24, 2.45) is 0 Å². The molecule has 2 heterocycles. The van der Waals surface area contributed by atoms with Crippen LogP contribution < -0.4 is 4.90 Å². The Hall–Kier alpha value is -3.93. The third kappa shape index (κ3) is 3.08. The second kappa shape index (κ2) is 7.40. The van der Waals surface area contributed by atoms with Crippen LogP contribution in [0.2, 0.25) is 0 Å². The van der Waals surface area contributed by atoms with Crippen LogP contribution in [-0.2, 0) is 11.3 Å². The molecule has 3 aromatic rings. The smallest absolute Gasteiger partial charge is 0.260 e. The molecule has 0 aromatic heterocycles. The number of hydrogen-bond donors (Lipinski definition) is 0. The zero-order valence-corrected chi connectivity index (χ0v) is 17.1. The monoisotopic (exact) mass is 411 g/mol. The Kier molecular flexibility index (Phi) is 4.55. The number of likely N-dealkylation sites (N-methyl/N-ethyl adjacent to an activating group) is 1. The van der Waals surface area contributed by atoms with E-state index in [-0.39, 0.29) is 24.3 Å². The van der Waals surface area contributed by atoms with Crippen molar-refractivity contribution in [1.82, 2.24) is 9.80 Å². The van der Waals surface area contributed by atoms with E-state index in [1.807, 2.05) is 54.6 Å². The molecule has 0 spiro atoms. The van der Waals surface area contributed by atoms with E-state index in [4.69, 9.17) is 0 Å². The Morgan fingerprint density at radius 1 is 0.839 bits per heavy atom. The number of para-hydroxylation sites is 1. The van der Waals surface area contributed by atoms with E-state index in [1.54, 1.807) is 41.1 Å². The summed E-state index contributed by atoms with van der Waals surface area (Å²) in [5.74, 6) is -0.591. The summed E-state index contributed by atoms with van der Waals surface area (Å²) < 4.78 is 0. The van der Waals surface area contributed by atoms with E-state index in [0.717, 1.165) is 11.1 Å². The first-order valence-electron chi connectivity index (χ1n) is 10.2. The number of amides is 3. The number of rotatable bonds is 4. The zero-order valence-electron chi connectivity index (χ0n) is 17.1. The number of fused-ring (bicyclic) bond motifs is 5. The average molecular weight is 411 g/mol. The van der Waals surface area contributed by atoms with Gasteiger partial charge in [-0.3, -0.25) is 19.3 Å². The predicted molar refractivity (Wildman–Crippen MR) is 116 cm³/mol. The topological polar surface area (TPSA) is 60.9 Å². The van der Waals surface area contributed by atoms with Gasteiger partial charge in [0.15, 0.2) is 0 Å². The molecule has 0 bridgehead atoms. The van der Waals surface area contributed by atoms with Gasteiger partial charge in [-0.25, -0.2) is 0 Å². The van der Waals surface area contributed by atoms with Crippen molar-refractivity contribution < 1.29 is 14.4 Å². The van der Waals surface area contributed by atoms with Gasteiger partial charge in [-0.05, 0) is 23.8 Å². The van der Waals surface area contributed by atoms with Gasteiger partial charge >= 0.3 is 0 Å². The van der Waals surface area contributed by atoms with Crippen molar-refractivity contribution in [2.45, 2.75) is 12.7 Å². The molecular weight excluding hydrogens is 390 g/mol. The van der Waals surface area contributed by atoms with Gasteiger partial charge in [-0.2, -0.15) is 0 Å². The zero-order chi connectivity index (χ0) is 21.5. The van der Waals surface area contributed by atoms with Crippen LogP contribution in [0.25, 0.3) is 0 Å². The van der Waals surface area contributed by atoms with Gasteiger partial charge in [0.2, 0.25) is 5.91 Å². The molecule has 6 heteroatoms. The molecule has 3 amide bonds. The lowest BCUT2D eigenvalue weighted by Crippen LogP contribution is -2.51. The average Bonchev–Trinajstić information content (AvgIpc) is 3.10. The van der Waals surface area contributed by atoms with Crippen LogP contribution in [0, 0.1) is 0 Å². The van der Waals surface area contributed by atoms with E-state index in [1.165, 1.54) is 4.90 Å². The highest BCUT2D eigenvalue weighted by molar-refractivity contribution is 6.17. The Morgan fingerprint density at radius 3 is 2.26 bits per heavy atom. The normalized spacial score (nSPS) is 16.6. The molecule has 0 unspecified atom stereocenters. The lowest BCUT2D eigenvalue weighted by molar-refractivity contribution is -0.131. The standard InChI is InChI=1S/C25H21N3O3/c1-26(15-17-9-3-2-4-10-17)22(29)16-27-23-18-11-5-6-12-19(18)25(31)28(23)21-14-8-7-13-20(21)24(27)30/h2-14,23H,15-16H2,1H3/t23-/m0/s1. The Bertz CT molecular complexity index is 1190. The van der Waals surface area contributed by atoms with Gasteiger partial charge in [-0.15, -0.1) is 0 Å².